The van der Waals surface area contributed by atoms with Crippen molar-refractivity contribution < 1.29 is 27.1 Å². The molecule has 1 aliphatic rings. The molecule has 1 saturated heterocycles. The Morgan fingerprint density at radius 3 is 2.54 bits per heavy atom. The number of carbonyl (C=O) groups is 1. The lowest BCUT2D eigenvalue weighted by Crippen LogP contribution is -2.53. The lowest BCUT2D eigenvalue weighted by Gasteiger charge is -2.39. The Morgan fingerprint density at radius 1 is 1.13 bits per heavy atom. The first-order valence-corrected chi connectivity index (χ1v) is 12.0. The minimum atomic E-state index is -1.25. The van der Waals surface area contributed by atoms with Crippen molar-refractivity contribution in [2.75, 3.05) is 26.7 Å². The normalized spacial score (nSPS) is 15.9. The fourth-order valence-electron chi connectivity index (χ4n) is 4.76. The summed E-state index contributed by atoms with van der Waals surface area (Å²) in [7, 11) is 1.50. The van der Waals surface area contributed by atoms with E-state index < -0.39 is 34.9 Å². The summed E-state index contributed by atoms with van der Waals surface area (Å²) in [6, 6.07) is 9.32. The minimum Gasteiger partial charge on any atom is -0.497 e. The molecule has 1 atom stereocenters. The van der Waals surface area contributed by atoms with Crippen LogP contribution in [-0.4, -0.2) is 63.1 Å². The molecule has 39 heavy (non-hydrogen) atoms. The minimum absolute atomic E-state index is 0.0238. The number of piperazine rings is 1. The molecule has 12 heteroatoms. The van der Waals surface area contributed by atoms with Crippen LogP contribution in [0, 0.1) is 34.6 Å². The number of rotatable bonds is 5. The van der Waals surface area contributed by atoms with E-state index in [1.54, 1.807) is 47.1 Å². The lowest BCUT2D eigenvalue weighted by molar-refractivity contribution is 0.0474. The molecule has 0 unspecified atom stereocenters. The molecule has 5 rings (SSSR count). The zero-order valence-corrected chi connectivity index (χ0v) is 21.0. The first-order valence-electron chi connectivity index (χ1n) is 12.0. The van der Waals surface area contributed by atoms with Crippen LogP contribution in [-0.2, 0) is 6.54 Å². The van der Waals surface area contributed by atoms with E-state index in [-0.39, 0.29) is 41.6 Å². The van der Waals surface area contributed by atoms with Crippen LogP contribution in [0.15, 0.2) is 42.6 Å². The maximum absolute atomic E-state index is 15.2. The van der Waals surface area contributed by atoms with Crippen molar-refractivity contribution in [3.63, 3.8) is 0 Å². The third kappa shape index (κ3) is 4.77. The van der Waals surface area contributed by atoms with Gasteiger partial charge in [0.2, 0.25) is 0 Å². The largest absolute Gasteiger partial charge is 0.497 e. The Hall–Kier alpha value is -4.50. The van der Waals surface area contributed by atoms with Gasteiger partial charge in [-0.2, -0.15) is 10.4 Å². The topological polar surface area (TPSA) is 86.8 Å². The Morgan fingerprint density at radius 2 is 1.87 bits per heavy atom. The SMILES string of the molecule is COc1ccc(-c2nc3c(C(=O)N4CCN(Cc5cc(F)cc(F)c5F)C[C@H]4C)cnn3c(C#N)c2F)cc1. The number of amides is 1. The standard InChI is InChI=1S/C27H22F4N6O2/c1-15-13-35(14-17-9-18(28)10-21(29)23(17)30)7-8-36(15)27(38)20-12-33-37-22(11-32)24(31)25(34-26(20)37)16-3-5-19(39-2)6-4-16/h3-6,9-10,12,15H,7-8,13-14H2,1-2H3/t15-/m1/s1. The molecule has 3 heterocycles. The van der Waals surface area contributed by atoms with Gasteiger partial charge in [0.1, 0.15) is 28.9 Å². The number of benzene rings is 2. The highest BCUT2D eigenvalue weighted by Gasteiger charge is 2.32. The molecular formula is C27H22F4N6O2. The fourth-order valence-corrected chi connectivity index (χ4v) is 4.76. The molecule has 1 aliphatic heterocycles. The van der Waals surface area contributed by atoms with E-state index in [9.17, 15) is 23.2 Å². The smallest absolute Gasteiger partial charge is 0.259 e. The molecule has 8 nitrogen and oxygen atoms in total. The van der Waals surface area contributed by atoms with Crippen molar-refractivity contribution in [1.82, 2.24) is 24.4 Å². The van der Waals surface area contributed by atoms with E-state index in [1.807, 2.05) is 0 Å². The van der Waals surface area contributed by atoms with E-state index in [4.69, 9.17) is 4.74 Å². The summed E-state index contributed by atoms with van der Waals surface area (Å²) in [5.74, 6) is -3.97. The predicted octanol–water partition coefficient (Wildman–Crippen LogP) is 4.18. The molecule has 0 bridgehead atoms. The molecule has 1 amide bonds. The van der Waals surface area contributed by atoms with Crippen molar-refractivity contribution in [1.29, 1.82) is 5.26 Å². The third-order valence-corrected chi connectivity index (χ3v) is 6.72. The zero-order valence-electron chi connectivity index (χ0n) is 21.0. The number of aromatic nitrogens is 3. The molecule has 0 N–H and O–H groups in total. The summed E-state index contributed by atoms with van der Waals surface area (Å²) >= 11 is 0. The van der Waals surface area contributed by atoms with Crippen molar-refractivity contribution in [3.05, 3.63) is 82.7 Å². The monoisotopic (exact) mass is 538 g/mol. The molecule has 2 aromatic heterocycles. The second-order valence-electron chi connectivity index (χ2n) is 9.20. The van der Waals surface area contributed by atoms with E-state index in [0.29, 0.717) is 30.5 Å². The number of halogens is 4. The van der Waals surface area contributed by atoms with Gasteiger partial charge >= 0.3 is 0 Å². The predicted molar refractivity (Wildman–Crippen MR) is 132 cm³/mol. The second-order valence-corrected chi connectivity index (χ2v) is 9.20. The average molecular weight is 539 g/mol. The van der Waals surface area contributed by atoms with Gasteiger partial charge in [-0.15, -0.1) is 0 Å². The van der Waals surface area contributed by atoms with Gasteiger partial charge in [-0.05, 0) is 37.3 Å². The summed E-state index contributed by atoms with van der Waals surface area (Å²) in [5.41, 5.74) is -0.126. The Bertz CT molecular complexity index is 1620. The van der Waals surface area contributed by atoms with E-state index in [0.717, 1.165) is 10.6 Å². The average Bonchev–Trinajstić information content (AvgIpc) is 3.34. The van der Waals surface area contributed by atoms with Gasteiger partial charge in [-0.3, -0.25) is 9.69 Å². The number of fused-ring (bicyclic) bond motifs is 1. The molecule has 0 saturated carbocycles. The van der Waals surface area contributed by atoms with Gasteiger partial charge in [0.25, 0.3) is 5.91 Å². The molecule has 200 valence electrons. The Balaban J connectivity index is 1.42. The molecular weight excluding hydrogens is 516 g/mol. The lowest BCUT2D eigenvalue weighted by atomic mass is 10.1. The number of methoxy groups -OCH3 is 1. The van der Waals surface area contributed by atoms with E-state index in [1.165, 1.54) is 13.3 Å². The maximum atomic E-state index is 15.2. The molecule has 0 aliphatic carbocycles. The maximum Gasteiger partial charge on any atom is 0.259 e. The number of ether oxygens (including phenoxy) is 1. The summed E-state index contributed by atoms with van der Waals surface area (Å²) < 4.78 is 62.8. The molecule has 4 aromatic rings. The van der Waals surface area contributed by atoms with Crippen LogP contribution in [0.5, 0.6) is 5.75 Å². The molecule has 0 spiro atoms. The van der Waals surface area contributed by atoms with Crippen LogP contribution in [0.2, 0.25) is 0 Å². The first-order chi connectivity index (χ1) is 18.7. The van der Waals surface area contributed by atoms with Gasteiger partial charge in [0.05, 0.1) is 13.3 Å². The fraction of sp³-hybridized carbons (Fsp3) is 0.259. The second kappa shape index (κ2) is 10.3. The Labute approximate surface area is 220 Å². The van der Waals surface area contributed by atoms with Crippen molar-refractivity contribution >= 4 is 11.6 Å². The number of hydrogen-bond donors (Lipinski definition) is 0. The van der Waals surface area contributed by atoms with Crippen LogP contribution in [0.1, 0.15) is 28.5 Å². The first kappa shape index (κ1) is 26.1. The highest BCUT2D eigenvalue weighted by Crippen LogP contribution is 2.28. The number of carbonyl (C=O) groups excluding carboxylic acids is 1. The molecule has 0 radical (unpaired) electrons. The van der Waals surface area contributed by atoms with Crippen LogP contribution >= 0.6 is 0 Å². The van der Waals surface area contributed by atoms with Crippen molar-refractivity contribution in [2.45, 2.75) is 19.5 Å². The van der Waals surface area contributed by atoms with Crippen LogP contribution in [0.3, 0.4) is 0 Å². The quantitative estimate of drug-likeness (QED) is 0.280. The third-order valence-electron chi connectivity index (χ3n) is 6.72. The zero-order chi connectivity index (χ0) is 27.8. The van der Waals surface area contributed by atoms with Gasteiger partial charge in [0.15, 0.2) is 28.8 Å². The molecule has 2 aromatic carbocycles. The molecule has 1 fully saturated rings. The van der Waals surface area contributed by atoms with E-state index in [2.05, 4.69) is 10.1 Å². The summed E-state index contributed by atoms with van der Waals surface area (Å²) in [5, 5.41) is 13.7. The van der Waals surface area contributed by atoms with Crippen LogP contribution in [0.25, 0.3) is 16.9 Å². The van der Waals surface area contributed by atoms with Crippen molar-refractivity contribution in [2.24, 2.45) is 0 Å². The highest BCUT2D eigenvalue weighted by atomic mass is 19.2. The van der Waals surface area contributed by atoms with Gasteiger partial charge in [-0.25, -0.2) is 27.1 Å². The van der Waals surface area contributed by atoms with Gasteiger partial charge < -0.3 is 9.64 Å². The van der Waals surface area contributed by atoms with Crippen LogP contribution < -0.4 is 4.74 Å². The van der Waals surface area contributed by atoms with Gasteiger partial charge in [-0.1, -0.05) is 0 Å². The van der Waals surface area contributed by atoms with Gasteiger partial charge in [0, 0.05) is 49.4 Å². The summed E-state index contributed by atoms with van der Waals surface area (Å²) in [6.07, 6.45) is 1.24. The van der Waals surface area contributed by atoms with Crippen molar-refractivity contribution in [3.8, 4) is 23.1 Å². The highest BCUT2D eigenvalue weighted by molar-refractivity contribution is 6.00. The van der Waals surface area contributed by atoms with E-state index >= 15 is 4.39 Å². The number of nitrogens with zero attached hydrogens (tertiary/aromatic N) is 6. The number of nitriles is 1. The Kier molecular flexibility index (Phi) is 6.93. The number of hydrogen-bond acceptors (Lipinski definition) is 6. The summed E-state index contributed by atoms with van der Waals surface area (Å²) in [6.45, 7) is 2.62. The van der Waals surface area contributed by atoms with Crippen LogP contribution in [0.4, 0.5) is 17.6 Å². The summed E-state index contributed by atoms with van der Waals surface area (Å²) in [4.78, 5) is 21.3.